The number of rotatable bonds is 6. The Kier molecular flexibility index (Phi) is 8.97. The Labute approximate surface area is 159 Å². The van der Waals surface area contributed by atoms with E-state index < -0.39 is 23.7 Å². The summed E-state index contributed by atoms with van der Waals surface area (Å²) in [6.45, 7) is 1.07. The van der Waals surface area contributed by atoms with Crippen molar-refractivity contribution in [1.82, 2.24) is 5.32 Å². The molecule has 0 aliphatic rings. The monoisotopic (exact) mass is 399 g/mol. The molecular formula is C19H20F3NO5. The Bertz CT molecular complexity index is 781. The molecule has 3 N–H and O–H groups in total. The molecule has 0 bridgehead atoms. The van der Waals surface area contributed by atoms with Crippen LogP contribution >= 0.6 is 0 Å². The number of aliphatic carboxylic acids is 2. The van der Waals surface area contributed by atoms with Gasteiger partial charge in [-0.05, 0) is 36.2 Å². The van der Waals surface area contributed by atoms with Crippen molar-refractivity contribution < 1.29 is 37.7 Å². The maximum atomic E-state index is 12.6. The highest BCUT2D eigenvalue weighted by atomic mass is 19.4. The number of hydrogen-bond acceptors (Lipinski definition) is 4. The molecule has 0 fully saturated rings. The van der Waals surface area contributed by atoms with Crippen LogP contribution in [-0.2, 0) is 28.7 Å². The number of halogens is 3. The summed E-state index contributed by atoms with van der Waals surface area (Å²) in [5.74, 6) is -2.83. The minimum atomic E-state index is -4.30. The van der Waals surface area contributed by atoms with Crippen molar-refractivity contribution in [2.75, 3.05) is 13.7 Å². The summed E-state index contributed by atoms with van der Waals surface area (Å²) in [6, 6.07) is 13.1. The predicted molar refractivity (Wildman–Crippen MR) is 95.1 cm³/mol. The van der Waals surface area contributed by atoms with E-state index in [4.69, 9.17) is 24.5 Å². The third-order valence-electron chi connectivity index (χ3n) is 3.53. The van der Waals surface area contributed by atoms with Crippen molar-refractivity contribution in [3.05, 3.63) is 65.2 Å². The highest BCUT2D eigenvalue weighted by Gasteiger charge is 2.30. The van der Waals surface area contributed by atoms with Crippen LogP contribution in [0.5, 0.6) is 5.75 Å². The van der Waals surface area contributed by atoms with Crippen LogP contribution in [0.2, 0.25) is 0 Å². The summed E-state index contributed by atoms with van der Waals surface area (Å²) in [5, 5.41) is 17.9. The van der Waals surface area contributed by atoms with Gasteiger partial charge < -0.3 is 20.3 Å². The fourth-order valence-corrected chi connectivity index (χ4v) is 2.22. The quantitative estimate of drug-likeness (QED) is 0.510. The van der Waals surface area contributed by atoms with Gasteiger partial charge in [0.1, 0.15) is 5.75 Å². The molecule has 0 saturated carbocycles. The number of hydrogen-bond donors (Lipinski definition) is 3. The molecule has 0 amide bonds. The molecule has 0 heterocycles. The summed E-state index contributed by atoms with van der Waals surface area (Å²) in [7, 11) is 1.62. The van der Waals surface area contributed by atoms with Gasteiger partial charge in [0.2, 0.25) is 0 Å². The molecule has 0 unspecified atom stereocenters. The summed E-state index contributed by atoms with van der Waals surface area (Å²) in [4.78, 5) is 18.2. The second-order valence-electron chi connectivity index (χ2n) is 5.55. The Balaban J connectivity index is 0.000000568. The first-order valence-electron chi connectivity index (χ1n) is 8.10. The first-order chi connectivity index (χ1) is 13.1. The average Bonchev–Trinajstić information content (AvgIpc) is 2.65. The maximum Gasteiger partial charge on any atom is 0.416 e. The van der Waals surface area contributed by atoms with Crippen molar-refractivity contribution >= 4 is 11.9 Å². The van der Waals surface area contributed by atoms with Crippen LogP contribution < -0.4 is 10.1 Å². The van der Waals surface area contributed by atoms with Crippen LogP contribution in [0.15, 0.2) is 48.5 Å². The lowest BCUT2D eigenvalue weighted by Crippen LogP contribution is -2.17. The molecular weight excluding hydrogens is 379 g/mol. The van der Waals surface area contributed by atoms with E-state index >= 15 is 0 Å². The number of methoxy groups -OCH3 is 1. The van der Waals surface area contributed by atoms with Crippen LogP contribution in [0.1, 0.15) is 16.7 Å². The summed E-state index contributed by atoms with van der Waals surface area (Å²) < 4.78 is 43.1. The number of carboxylic acids is 2. The predicted octanol–water partition coefficient (Wildman–Crippen LogP) is 3.20. The van der Waals surface area contributed by atoms with Gasteiger partial charge in [-0.25, -0.2) is 9.59 Å². The fraction of sp³-hybridized carbons (Fsp3) is 0.263. The highest BCUT2D eigenvalue weighted by Crippen LogP contribution is 2.29. The number of benzene rings is 2. The van der Waals surface area contributed by atoms with Crippen molar-refractivity contribution in [3.8, 4) is 5.75 Å². The van der Waals surface area contributed by atoms with Gasteiger partial charge >= 0.3 is 18.1 Å². The first-order valence-corrected chi connectivity index (χ1v) is 8.10. The van der Waals surface area contributed by atoms with E-state index in [0.29, 0.717) is 18.7 Å². The third kappa shape index (κ3) is 8.09. The molecule has 9 heteroatoms. The molecule has 0 spiro atoms. The summed E-state index contributed by atoms with van der Waals surface area (Å²) in [5.41, 5.74) is 1.08. The van der Waals surface area contributed by atoms with Crippen LogP contribution in [0.4, 0.5) is 13.2 Å². The van der Waals surface area contributed by atoms with Crippen molar-refractivity contribution in [2.24, 2.45) is 0 Å². The summed E-state index contributed by atoms with van der Waals surface area (Å²) in [6.07, 6.45) is -3.55. The molecule has 2 aromatic rings. The Morgan fingerprint density at radius 3 is 2.25 bits per heavy atom. The second kappa shape index (κ2) is 10.9. The topological polar surface area (TPSA) is 95.9 Å². The molecule has 0 atom stereocenters. The van der Waals surface area contributed by atoms with E-state index in [1.165, 1.54) is 12.1 Å². The first kappa shape index (κ1) is 23.0. The van der Waals surface area contributed by atoms with Crippen molar-refractivity contribution in [2.45, 2.75) is 19.1 Å². The van der Waals surface area contributed by atoms with E-state index in [1.807, 2.05) is 24.3 Å². The van der Waals surface area contributed by atoms with Crippen LogP contribution in [0.25, 0.3) is 0 Å². The number of ether oxygens (including phenoxy) is 1. The zero-order valence-electron chi connectivity index (χ0n) is 15.0. The number of carbonyl (C=O) groups is 2. The lowest BCUT2D eigenvalue weighted by atomic mass is 10.1. The Hall–Kier alpha value is -3.07. The van der Waals surface area contributed by atoms with Gasteiger partial charge in [-0.2, -0.15) is 13.2 Å². The van der Waals surface area contributed by atoms with Crippen LogP contribution in [-0.4, -0.2) is 35.8 Å². The molecule has 0 saturated heterocycles. The van der Waals surface area contributed by atoms with Crippen LogP contribution in [0, 0.1) is 0 Å². The number of alkyl halides is 3. The zero-order chi connectivity index (χ0) is 21.2. The average molecular weight is 399 g/mol. The molecule has 2 aromatic carbocycles. The Morgan fingerprint density at radius 1 is 1.04 bits per heavy atom. The molecule has 0 aromatic heterocycles. The molecule has 152 valence electrons. The normalized spacial score (nSPS) is 10.6. The molecule has 28 heavy (non-hydrogen) atoms. The molecule has 0 aliphatic carbocycles. The van der Waals surface area contributed by atoms with E-state index in [2.05, 4.69) is 5.32 Å². The largest absolute Gasteiger partial charge is 0.496 e. The molecule has 0 radical (unpaired) electrons. The fourth-order valence-electron chi connectivity index (χ4n) is 2.22. The van der Waals surface area contributed by atoms with E-state index in [-0.39, 0.29) is 0 Å². The van der Waals surface area contributed by atoms with E-state index in [1.54, 1.807) is 13.2 Å². The van der Waals surface area contributed by atoms with Gasteiger partial charge in [-0.1, -0.05) is 36.4 Å². The van der Waals surface area contributed by atoms with Gasteiger partial charge in [-0.15, -0.1) is 0 Å². The van der Waals surface area contributed by atoms with Gasteiger partial charge in [0, 0.05) is 6.54 Å². The number of carboxylic acid groups (broad SMARTS) is 2. The van der Waals surface area contributed by atoms with Crippen molar-refractivity contribution in [1.29, 1.82) is 0 Å². The summed E-state index contributed by atoms with van der Waals surface area (Å²) >= 11 is 0. The Morgan fingerprint density at radius 2 is 1.68 bits per heavy atom. The minimum absolute atomic E-state index is 0.402. The maximum absolute atomic E-state index is 12.6. The molecule has 0 aliphatic heterocycles. The van der Waals surface area contributed by atoms with Gasteiger partial charge in [0.25, 0.3) is 0 Å². The lowest BCUT2D eigenvalue weighted by Gasteiger charge is -2.11. The second-order valence-corrected chi connectivity index (χ2v) is 5.55. The standard InChI is InChI=1S/C17H18F3NO.C2H2O4/c1-22-16-8-3-2-6-14(16)9-10-21-12-13-5-4-7-15(11-13)17(18,19)20;3-1(4)2(5)6/h2-8,11,21H,9-10,12H2,1H3;(H,3,4)(H,5,6). The smallest absolute Gasteiger partial charge is 0.416 e. The van der Waals surface area contributed by atoms with Crippen molar-refractivity contribution in [3.63, 3.8) is 0 Å². The highest BCUT2D eigenvalue weighted by molar-refractivity contribution is 6.27. The zero-order valence-corrected chi connectivity index (χ0v) is 15.0. The molecule has 2 rings (SSSR count). The minimum Gasteiger partial charge on any atom is -0.496 e. The lowest BCUT2D eigenvalue weighted by molar-refractivity contribution is -0.159. The van der Waals surface area contributed by atoms with Gasteiger partial charge in [-0.3, -0.25) is 0 Å². The molecule has 6 nitrogen and oxygen atoms in total. The van der Waals surface area contributed by atoms with E-state index in [9.17, 15) is 13.2 Å². The third-order valence-corrected chi connectivity index (χ3v) is 3.53. The SMILES string of the molecule is COc1ccccc1CCNCc1cccc(C(F)(F)F)c1.O=C(O)C(=O)O. The van der Waals surface area contributed by atoms with E-state index in [0.717, 1.165) is 23.8 Å². The van der Waals surface area contributed by atoms with Gasteiger partial charge in [0.05, 0.1) is 12.7 Å². The van der Waals surface area contributed by atoms with Crippen LogP contribution in [0.3, 0.4) is 0 Å². The van der Waals surface area contributed by atoms with Gasteiger partial charge in [0.15, 0.2) is 0 Å². The number of para-hydroxylation sites is 1. The number of nitrogens with one attached hydrogen (secondary N) is 1.